The third kappa shape index (κ3) is 3.45. The number of rotatable bonds is 5. The molecule has 138 valence electrons. The van der Waals surface area contributed by atoms with Crippen LogP contribution in [0.4, 0.5) is 5.69 Å². The normalized spacial score (nSPS) is 11.4. The van der Waals surface area contributed by atoms with E-state index in [1.165, 1.54) is 4.68 Å². The number of tetrazole rings is 1. The van der Waals surface area contributed by atoms with E-state index in [0.29, 0.717) is 11.6 Å². The molecule has 4 rings (SSSR count). The third-order valence-corrected chi connectivity index (χ3v) is 4.22. The van der Waals surface area contributed by atoms with Crippen molar-refractivity contribution in [2.75, 3.05) is 11.9 Å². The van der Waals surface area contributed by atoms with Gasteiger partial charge in [-0.1, -0.05) is 48.5 Å². The molecule has 28 heavy (non-hydrogen) atoms. The zero-order valence-corrected chi connectivity index (χ0v) is 15.1. The topological polar surface area (TPSA) is 77.0 Å². The Kier molecular flexibility index (Phi) is 4.79. The van der Waals surface area contributed by atoms with Crippen LogP contribution in [0.5, 0.6) is 0 Å². The molecule has 0 bridgehead atoms. The monoisotopic (exact) mass is 371 g/mol. The average molecular weight is 371 g/mol. The van der Waals surface area contributed by atoms with Gasteiger partial charge in [-0.15, -0.1) is 5.10 Å². The average Bonchev–Trinajstić information content (AvgIpc) is 3.44. The molecule has 1 amide bonds. The lowest BCUT2D eigenvalue weighted by atomic mass is 10.2. The van der Waals surface area contributed by atoms with Gasteiger partial charge in [-0.05, 0) is 34.7 Å². The van der Waals surface area contributed by atoms with Gasteiger partial charge in [0.1, 0.15) is 11.5 Å². The van der Waals surface area contributed by atoms with E-state index in [1.54, 1.807) is 36.4 Å². The van der Waals surface area contributed by atoms with Crippen molar-refractivity contribution in [3.05, 3.63) is 84.8 Å². The van der Waals surface area contributed by atoms with Gasteiger partial charge in [-0.3, -0.25) is 4.79 Å². The predicted molar refractivity (Wildman–Crippen MR) is 106 cm³/mol. The van der Waals surface area contributed by atoms with Crippen molar-refractivity contribution < 1.29 is 9.21 Å². The smallest absolute Gasteiger partial charge is 0.276 e. The Hall–Kier alpha value is -4.00. The van der Waals surface area contributed by atoms with E-state index < -0.39 is 0 Å². The number of nitrogens with zero attached hydrogens (tertiary/aromatic N) is 5. The lowest BCUT2D eigenvalue weighted by Crippen LogP contribution is -2.29. The van der Waals surface area contributed by atoms with Crippen LogP contribution in [0.1, 0.15) is 5.76 Å². The Morgan fingerprint density at radius 2 is 1.71 bits per heavy atom. The van der Waals surface area contributed by atoms with E-state index in [1.807, 2.05) is 60.7 Å². The Morgan fingerprint density at radius 1 is 1.00 bits per heavy atom. The lowest BCUT2D eigenvalue weighted by Gasteiger charge is -2.19. The molecular weight excluding hydrogens is 354 g/mol. The summed E-state index contributed by atoms with van der Waals surface area (Å²) in [7, 11) is 1.71. The highest BCUT2D eigenvalue weighted by Crippen LogP contribution is 2.23. The number of anilines is 1. The van der Waals surface area contributed by atoms with Gasteiger partial charge in [-0.25, -0.2) is 0 Å². The molecule has 0 aliphatic heterocycles. The summed E-state index contributed by atoms with van der Waals surface area (Å²) < 4.78 is 6.84. The van der Waals surface area contributed by atoms with Gasteiger partial charge in [0.05, 0.1) is 6.26 Å². The second-order valence-electron chi connectivity index (χ2n) is 6.03. The summed E-state index contributed by atoms with van der Waals surface area (Å²) in [6, 6.07) is 22.4. The molecule has 7 nitrogen and oxygen atoms in total. The molecule has 2 heterocycles. The first-order valence-electron chi connectivity index (χ1n) is 8.66. The minimum atomic E-state index is -0.271. The Labute approximate surface area is 161 Å². The van der Waals surface area contributed by atoms with Crippen LogP contribution in [0.15, 0.2) is 83.5 Å². The van der Waals surface area contributed by atoms with E-state index in [9.17, 15) is 4.79 Å². The number of likely N-dealkylation sites (N-methyl/N-ethyl adjacent to an activating group) is 1. The molecule has 0 saturated heterocycles. The molecule has 0 saturated carbocycles. The number of hydrogen-bond acceptors (Lipinski definition) is 5. The predicted octanol–water partition coefficient (Wildman–Crippen LogP) is 3.59. The first-order valence-corrected chi connectivity index (χ1v) is 8.66. The maximum Gasteiger partial charge on any atom is 0.276 e. The zero-order chi connectivity index (χ0) is 19.3. The Balaban J connectivity index is 1.80. The Morgan fingerprint density at radius 3 is 2.39 bits per heavy atom. The van der Waals surface area contributed by atoms with Crippen LogP contribution >= 0.6 is 0 Å². The van der Waals surface area contributed by atoms with Crippen molar-refractivity contribution in [2.45, 2.75) is 0 Å². The molecule has 4 aromatic rings. The molecule has 0 radical (unpaired) electrons. The summed E-state index contributed by atoms with van der Waals surface area (Å²) in [6.07, 6.45) is 3.18. The summed E-state index contributed by atoms with van der Waals surface area (Å²) >= 11 is 0. The number of carbonyl (C=O) groups is 1. The van der Waals surface area contributed by atoms with Gasteiger partial charge < -0.3 is 9.32 Å². The van der Waals surface area contributed by atoms with Crippen molar-refractivity contribution in [1.29, 1.82) is 0 Å². The second kappa shape index (κ2) is 7.71. The van der Waals surface area contributed by atoms with E-state index in [2.05, 4.69) is 15.5 Å². The summed E-state index contributed by atoms with van der Waals surface area (Å²) in [4.78, 5) is 14.9. The number of amides is 1. The highest BCUT2D eigenvalue weighted by atomic mass is 16.3. The molecule has 0 fully saturated rings. The zero-order valence-electron chi connectivity index (χ0n) is 15.1. The highest BCUT2D eigenvalue weighted by molar-refractivity contribution is 6.25. The van der Waals surface area contributed by atoms with Crippen LogP contribution in [0.25, 0.3) is 23.2 Å². The lowest BCUT2D eigenvalue weighted by molar-refractivity contribution is -0.113. The van der Waals surface area contributed by atoms with Crippen LogP contribution in [0.2, 0.25) is 0 Å². The summed E-state index contributed by atoms with van der Waals surface area (Å²) in [6.45, 7) is 0. The standard InChI is InChI=1S/C21H17N5O2/c1-25(17-11-6-3-7-12-17)21(27)19(15-18-13-8-14-28-18)26-20(22-23-24-26)16-9-4-2-5-10-16/h2-15H,1H3. The SMILES string of the molecule is CN(C(=O)C(=Cc1ccco1)n1nnnc1-c1ccccc1)c1ccccc1. The highest BCUT2D eigenvalue weighted by Gasteiger charge is 2.23. The van der Waals surface area contributed by atoms with Gasteiger partial charge in [0.2, 0.25) is 0 Å². The molecule has 0 atom stereocenters. The number of aromatic nitrogens is 4. The van der Waals surface area contributed by atoms with Crippen molar-refractivity contribution in [2.24, 2.45) is 0 Å². The van der Waals surface area contributed by atoms with Gasteiger partial charge in [-0.2, -0.15) is 4.68 Å². The van der Waals surface area contributed by atoms with Crippen molar-refractivity contribution in [3.63, 3.8) is 0 Å². The van der Waals surface area contributed by atoms with Crippen LogP contribution in [-0.4, -0.2) is 33.2 Å². The van der Waals surface area contributed by atoms with Crippen LogP contribution in [-0.2, 0) is 4.79 Å². The van der Waals surface area contributed by atoms with Crippen LogP contribution in [0, 0.1) is 0 Å². The van der Waals surface area contributed by atoms with E-state index in [-0.39, 0.29) is 11.6 Å². The molecular formula is C21H17N5O2. The molecule has 7 heteroatoms. The van der Waals surface area contributed by atoms with Gasteiger partial charge in [0.15, 0.2) is 5.82 Å². The number of para-hydroxylation sites is 1. The fourth-order valence-electron chi connectivity index (χ4n) is 2.78. The summed E-state index contributed by atoms with van der Waals surface area (Å²) in [5.41, 5.74) is 1.82. The molecule has 2 aromatic heterocycles. The maximum atomic E-state index is 13.4. The van der Waals surface area contributed by atoms with Crippen LogP contribution < -0.4 is 4.90 Å². The molecule has 0 N–H and O–H groups in total. The number of carbonyl (C=O) groups excluding carboxylic acids is 1. The van der Waals surface area contributed by atoms with E-state index >= 15 is 0 Å². The summed E-state index contributed by atoms with van der Waals surface area (Å²) in [5, 5.41) is 12.0. The van der Waals surface area contributed by atoms with Crippen molar-refractivity contribution >= 4 is 23.4 Å². The quantitative estimate of drug-likeness (QED) is 0.501. The van der Waals surface area contributed by atoms with Crippen molar-refractivity contribution in [1.82, 2.24) is 20.2 Å². The first-order chi connectivity index (χ1) is 13.7. The first kappa shape index (κ1) is 17.4. The molecule has 0 unspecified atom stereocenters. The third-order valence-electron chi connectivity index (χ3n) is 4.22. The molecule has 0 aliphatic carbocycles. The minimum Gasteiger partial charge on any atom is -0.465 e. The van der Waals surface area contributed by atoms with Gasteiger partial charge >= 0.3 is 0 Å². The maximum absolute atomic E-state index is 13.4. The fraction of sp³-hybridized carbons (Fsp3) is 0.0476. The number of furan rings is 1. The largest absolute Gasteiger partial charge is 0.465 e. The van der Waals surface area contributed by atoms with Gasteiger partial charge in [0, 0.05) is 24.4 Å². The molecule has 2 aromatic carbocycles. The van der Waals surface area contributed by atoms with E-state index in [4.69, 9.17) is 4.42 Å². The number of benzene rings is 2. The second-order valence-corrected chi connectivity index (χ2v) is 6.03. The van der Waals surface area contributed by atoms with E-state index in [0.717, 1.165) is 11.3 Å². The minimum absolute atomic E-state index is 0.269. The fourth-order valence-corrected chi connectivity index (χ4v) is 2.78. The molecule has 0 aliphatic rings. The van der Waals surface area contributed by atoms with Crippen LogP contribution in [0.3, 0.4) is 0 Å². The van der Waals surface area contributed by atoms with Crippen molar-refractivity contribution in [3.8, 4) is 11.4 Å². The molecule has 0 spiro atoms. The Bertz CT molecular complexity index is 1090. The van der Waals surface area contributed by atoms with Gasteiger partial charge in [0.25, 0.3) is 5.91 Å². The number of hydrogen-bond donors (Lipinski definition) is 0. The summed E-state index contributed by atoms with van der Waals surface area (Å²) in [5.74, 6) is 0.722.